The largest absolute Gasteiger partial charge is 0.390 e. The Morgan fingerprint density at radius 3 is 2.76 bits per heavy atom. The summed E-state index contributed by atoms with van der Waals surface area (Å²) >= 11 is 0. The van der Waals surface area contributed by atoms with Crippen LogP contribution in [0, 0.1) is 0 Å². The van der Waals surface area contributed by atoms with E-state index in [1.54, 1.807) is 26.2 Å². The van der Waals surface area contributed by atoms with Crippen LogP contribution in [0.1, 0.15) is 61.5 Å². The highest BCUT2D eigenvalue weighted by molar-refractivity contribution is 5.99. The van der Waals surface area contributed by atoms with Crippen LogP contribution in [0.5, 0.6) is 0 Å². The van der Waals surface area contributed by atoms with Gasteiger partial charge in [0.25, 0.3) is 5.91 Å². The summed E-state index contributed by atoms with van der Waals surface area (Å²) in [7, 11) is 1.74. The number of carbonyl (C=O) groups excluding carboxylic acids is 1. The second-order valence-corrected chi connectivity index (χ2v) is 8.21. The predicted molar refractivity (Wildman–Crippen MR) is 113 cm³/mol. The lowest BCUT2D eigenvalue weighted by molar-refractivity contribution is 0.0533. The summed E-state index contributed by atoms with van der Waals surface area (Å²) < 4.78 is 5.82. The number of carbonyl (C=O) groups is 1. The first kappa shape index (κ1) is 22.0. The molecule has 5 N–H and O–H groups in total. The Balaban J connectivity index is 1.75. The fourth-order valence-electron chi connectivity index (χ4n) is 4.39. The van der Waals surface area contributed by atoms with Crippen LogP contribution in [-0.4, -0.2) is 60.6 Å². The molecule has 0 bridgehead atoms. The van der Waals surface area contributed by atoms with E-state index in [-0.39, 0.29) is 18.6 Å². The van der Waals surface area contributed by atoms with Crippen LogP contribution in [0.15, 0.2) is 12.1 Å². The van der Waals surface area contributed by atoms with Gasteiger partial charge < -0.3 is 31.1 Å². The molecule has 8 nitrogen and oxygen atoms in total. The van der Waals surface area contributed by atoms with Crippen molar-refractivity contribution in [2.24, 2.45) is 5.73 Å². The number of piperidine rings is 1. The van der Waals surface area contributed by atoms with Gasteiger partial charge in [-0.25, -0.2) is 4.98 Å². The van der Waals surface area contributed by atoms with E-state index in [9.17, 15) is 9.90 Å². The zero-order chi connectivity index (χ0) is 20.8. The molecule has 1 aliphatic carbocycles. The van der Waals surface area contributed by atoms with Crippen molar-refractivity contribution in [3.05, 3.63) is 23.4 Å². The molecule has 1 saturated carbocycles. The highest BCUT2D eigenvalue weighted by Crippen LogP contribution is 2.26. The molecule has 1 aromatic rings. The van der Waals surface area contributed by atoms with Crippen LogP contribution >= 0.6 is 0 Å². The lowest BCUT2D eigenvalue weighted by Crippen LogP contribution is -2.56. The highest BCUT2D eigenvalue weighted by Gasteiger charge is 2.33. The van der Waals surface area contributed by atoms with Crippen LogP contribution in [-0.2, 0) is 11.3 Å². The number of amides is 1. The van der Waals surface area contributed by atoms with Crippen LogP contribution in [0.3, 0.4) is 0 Å². The highest BCUT2D eigenvalue weighted by atomic mass is 16.5. The summed E-state index contributed by atoms with van der Waals surface area (Å²) in [6.07, 6.45) is 6.86. The molecule has 162 valence electrons. The number of hydrogen-bond donors (Lipinski definition) is 4. The number of pyridine rings is 1. The molecule has 3 unspecified atom stereocenters. The van der Waals surface area contributed by atoms with E-state index in [1.807, 2.05) is 0 Å². The molecule has 0 spiro atoms. The monoisotopic (exact) mass is 405 g/mol. The van der Waals surface area contributed by atoms with Gasteiger partial charge in [0.2, 0.25) is 0 Å². The molecule has 1 aromatic heterocycles. The maximum Gasteiger partial charge on any atom is 0.256 e. The summed E-state index contributed by atoms with van der Waals surface area (Å²) in [4.78, 5) is 19.3. The normalized spacial score (nSPS) is 24.3. The van der Waals surface area contributed by atoms with E-state index in [4.69, 9.17) is 10.5 Å². The molecule has 3 rings (SSSR count). The SMILES string of the molecule is COC1CN(c2nc(CO)ccc2C(=O)NC(C)N)CCC1NC1CCCCC1. The fourth-order valence-corrected chi connectivity index (χ4v) is 4.39. The van der Waals surface area contributed by atoms with Crippen LogP contribution in [0.4, 0.5) is 5.82 Å². The number of methoxy groups -OCH3 is 1. The van der Waals surface area contributed by atoms with Crippen LogP contribution in [0.25, 0.3) is 0 Å². The number of aliphatic hydroxyl groups is 1. The Morgan fingerprint density at radius 1 is 1.34 bits per heavy atom. The van der Waals surface area contributed by atoms with Crippen LogP contribution in [0.2, 0.25) is 0 Å². The smallest absolute Gasteiger partial charge is 0.256 e. The van der Waals surface area contributed by atoms with Crippen molar-refractivity contribution >= 4 is 11.7 Å². The maximum atomic E-state index is 12.6. The number of rotatable bonds is 7. The van der Waals surface area contributed by atoms with Crippen molar-refractivity contribution in [2.45, 2.75) is 76.4 Å². The van der Waals surface area contributed by atoms with E-state index < -0.39 is 6.17 Å². The number of anilines is 1. The number of nitrogens with two attached hydrogens (primary N) is 1. The molecule has 2 fully saturated rings. The van der Waals surface area contributed by atoms with Gasteiger partial charge in [0, 0.05) is 32.3 Å². The maximum absolute atomic E-state index is 12.6. The third-order valence-electron chi connectivity index (χ3n) is 5.91. The Labute approximate surface area is 173 Å². The van der Waals surface area contributed by atoms with Crippen molar-refractivity contribution in [1.29, 1.82) is 0 Å². The average molecular weight is 406 g/mol. The molecule has 1 amide bonds. The van der Waals surface area contributed by atoms with Gasteiger partial charge in [-0.05, 0) is 38.3 Å². The molecule has 1 saturated heterocycles. The van der Waals surface area contributed by atoms with E-state index in [1.165, 1.54) is 32.1 Å². The molecular formula is C21H35N5O3. The summed E-state index contributed by atoms with van der Waals surface area (Å²) in [6, 6.07) is 4.24. The molecule has 29 heavy (non-hydrogen) atoms. The number of aliphatic hydroxyl groups excluding tert-OH is 1. The fraction of sp³-hybridized carbons (Fsp3) is 0.714. The third kappa shape index (κ3) is 5.66. The topological polar surface area (TPSA) is 113 Å². The summed E-state index contributed by atoms with van der Waals surface area (Å²) in [6.45, 7) is 2.96. The van der Waals surface area contributed by atoms with Gasteiger partial charge in [0.15, 0.2) is 0 Å². The van der Waals surface area contributed by atoms with Gasteiger partial charge in [0.05, 0.1) is 30.1 Å². The van der Waals surface area contributed by atoms with E-state index in [2.05, 4.69) is 20.5 Å². The predicted octanol–water partition coefficient (Wildman–Crippen LogP) is 1.12. The summed E-state index contributed by atoms with van der Waals surface area (Å²) in [5.41, 5.74) is 6.73. The lowest BCUT2D eigenvalue weighted by atomic mass is 9.92. The zero-order valence-corrected chi connectivity index (χ0v) is 17.6. The quantitative estimate of drug-likeness (QED) is 0.503. The molecule has 1 aliphatic heterocycles. The van der Waals surface area contributed by atoms with Crippen molar-refractivity contribution in [3.8, 4) is 0 Å². The Hall–Kier alpha value is -1.74. The first-order valence-electron chi connectivity index (χ1n) is 10.7. The van der Waals surface area contributed by atoms with Crippen molar-refractivity contribution < 1.29 is 14.6 Å². The number of aromatic nitrogens is 1. The Kier molecular flexibility index (Phi) is 7.83. The van der Waals surface area contributed by atoms with E-state index in [0.717, 1.165) is 13.0 Å². The third-order valence-corrected chi connectivity index (χ3v) is 5.91. The number of ether oxygens (including phenoxy) is 1. The van der Waals surface area contributed by atoms with Crippen molar-refractivity contribution in [3.63, 3.8) is 0 Å². The van der Waals surface area contributed by atoms with Crippen LogP contribution < -0.4 is 21.3 Å². The second-order valence-electron chi connectivity index (χ2n) is 8.21. The van der Waals surface area contributed by atoms with Gasteiger partial charge in [-0.1, -0.05) is 19.3 Å². The Morgan fingerprint density at radius 2 is 2.10 bits per heavy atom. The van der Waals surface area contributed by atoms with Gasteiger partial charge >= 0.3 is 0 Å². The minimum Gasteiger partial charge on any atom is -0.390 e. The van der Waals surface area contributed by atoms with Gasteiger partial charge in [0.1, 0.15) is 5.82 Å². The van der Waals surface area contributed by atoms with Crippen molar-refractivity contribution in [2.75, 3.05) is 25.1 Å². The molecule has 0 aromatic carbocycles. The number of nitrogens with one attached hydrogen (secondary N) is 2. The van der Waals surface area contributed by atoms with Crippen molar-refractivity contribution in [1.82, 2.24) is 15.6 Å². The summed E-state index contributed by atoms with van der Waals surface area (Å²) in [5.74, 6) is 0.316. The van der Waals surface area contributed by atoms with E-state index in [0.29, 0.717) is 35.7 Å². The van der Waals surface area contributed by atoms with Gasteiger partial charge in [-0.3, -0.25) is 4.79 Å². The zero-order valence-electron chi connectivity index (χ0n) is 17.6. The standard InChI is InChI=1S/C21H35N5O3/c1-14(22)23-21(28)17-9-8-16(13-27)25-20(17)26-11-10-18(19(12-26)29-2)24-15-6-4-3-5-7-15/h8-9,14-15,18-19,24,27H,3-7,10-13,22H2,1-2H3,(H,23,28). The minimum absolute atomic E-state index is 0.00889. The lowest BCUT2D eigenvalue weighted by Gasteiger charge is -2.41. The molecular weight excluding hydrogens is 370 g/mol. The molecule has 8 heteroatoms. The van der Waals surface area contributed by atoms with Gasteiger partial charge in [-0.15, -0.1) is 0 Å². The number of hydrogen-bond acceptors (Lipinski definition) is 7. The second kappa shape index (κ2) is 10.3. The molecule has 3 atom stereocenters. The average Bonchev–Trinajstić information content (AvgIpc) is 2.73. The first-order chi connectivity index (χ1) is 14.0. The number of nitrogens with zero attached hydrogens (tertiary/aromatic N) is 2. The first-order valence-corrected chi connectivity index (χ1v) is 10.7. The Bertz CT molecular complexity index is 678. The van der Waals surface area contributed by atoms with E-state index >= 15 is 0 Å². The summed E-state index contributed by atoms with van der Waals surface area (Å²) in [5, 5.41) is 16.1. The molecule has 2 heterocycles. The molecule has 0 radical (unpaired) electrons. The molecule has 2 aliphatic rings. The minimum atomic E-state index is -0.454. The van der Waals surface area contributed by atoms with Gasteiger partial charge in [-0.2, -0.15) is 0 Å².